The van der Waals surface area contributed by atoms with Gasteiger partial charge in [0.25, 0.3) is 0 Å². The number of nitrogens with two attached hydrogens (primary N) is 1. The normalized spacial score (nSPS) is 17.4. The van der Waals surface area contributed by atoms with Gasteiger partial charge >= 0.3 is 0 Å². The van der Waals surface area contributed by atoms with Crippen molar-refractivity contribution in [2.24, 2.45) is 0 Å². The second-order valence-corrected chi connectivity index (χ2v) is 6.88. The van der Waals surface area contributed by atoms with Crippen molar-refractivity contribution < 1.29 is 20.1 Å². The lowest BCUT2D eigenvalue weighted by atomic mass is 10.0. The number of ether oxygens (including phenoxy) is 1. The fourth-order valence-electron chi connectivity index (χ4n) is 3.78. The van der Waals surface area contributed by atoms with Crippen LogP contribution in [0.15, 0.2) is 54.6 Å². The number of likely N-dealkylation sites (tertiary alicyclic amines) is 1. The first-order chi connectivity index (χ1) is 12.3. The molecule has 0 radical (unpaired) electrons. The van der Waals surface area contributed by atoms with Gasteiger partial charge < -0.3 is 20.1 Å². The van der Waals surface area contributed by atoms with Crippen LogP contribution < -0.4 is 15.0 Å². The molecule has 0 aromatic heterocycles. The molecule has 0 amide bonds. The lowest BCUT2D eigenvalue weighted by Gasteiger charge is -2.24. The third-order valence-electron chi connectivity index (χ3n) is 5.23. The predicted molar refractivity (Wildman–Crippen MR) is 98.7 cm³/mol. The van der Waals surface area contributed by atoms with Crippen LogP contribution in [0.5, 0.6) is 5.75 Å². The molecule has 0 spiro atoms. The van der Waals surface area contributed by atoms with E-state index in [9.17, 15) is 5.11 Å². The van der Waals surface area contributed by atoms with E-state index in [2.05, 4.69) is 29.6 Å². The Labute approximate surface area is 150 Å². The van der Waals surface area contributed by atoms with E-state index in [1.54, 1.807) is 12.0 Å². The monoisotopic (exact) mass is 342 g/mol. The van der Waals surface area contributed by atoms with Crippen LogP contribution in [0, 0.1) is 0 Å². The molecule has 3 rings (SSSR count). The number of nitrogens with one attached hydrogen (secondary N) is 1. The molecule has 0 aliphatic carbocycles. The first kappa shape index (κ1) is 17.9. The third kappa shape index (κ3) is 4.82. The van der Waals surface area contributed by atoms with Gasteiger partial charge in [-0.2, -0.15) is 0 Å². The highest BCUT2D eigenvalue weighted by Crippen LogP contribution is 2.16. The van der Waals surface area contributed by atoms with E-state index in [1.807, 2.05) is 30.3 Å². The fraction of sp³-hybridized carbons (Fsp3) is 0.429. The Kier molecular flexibility index (Phi) is 6.45. The second kappa shape index (κ2) is 8.99. The van der Waals surface area contributed by atoms with Crippen LogP contribution in [0.1, 0.15) is 36.1 Å². The molecule has 0 saturated carbocycles. The van der Waals surface area contributed by atoms with Crippen molar-refractivity contribution >= 4 is 0 Å². The lowest BCUT2D eigenvalue weighted by Crippen LogP contribution is -3.13. The Bertz CT molecular complexity index is 624. The quantitative estimate of drug-likeness (QED) is 0.662. The molecular formula is C21H30N2O2+2. The summed E-state index contributed by atoms with van der Waals surface area (Å²) in [6, 6.07) is 18.9. The minimum atomic E-state index is -0.411. The van der Waals surface area contributed by atoms with Gasteiger partial charge in [-0.3, -0.25) is 0 Å². The summed E-state index contributed by atoms with van der Waals surface area (Å²) in [5, 5.41) is 12.6. The summed E-state index contributed by atoms with van der Waals surface area (Å²) in [6.45, 7) is 4.17. The van der Waals surface area contributed by atoms with E-state index in [0.29, 0.717) is 12.6 Å². The molecule has 2 aromatic carbocycles. The Morgan fingerprint density at radius 3 is 2.28 bits per heavy atom. The number of benzene rings is 2. The largest absolute Gasteiger partial charge is 0.497 e. The van der Waals surface area contributed by atoms with Gasteiger partial charge in [-0.25, -0.2) is 0 Å². The highest BCUT2D eigenvalue weighted by atomic mass is 16.5. The van der Waals surface area contributed by atoms with Gasteiger partial charge in [-0.1, -0.05) is 30.3 Å². The molecule has 0 unspecified atom stereocenters. The van der Waals surface area contributed by atoms with E-state index in [0.717, 1.165) is 17.9 Å². The first-order valence-corrected chi connectivity index (χ1v) is 9.31. The molecule has 4 N–H and O–H groups in total. The molecule has 1 aliphatic rings. The molecule has 25 heavy (non-hydrogen) atoms. The van der Waals surface area contributed by atoms with E-state index in [-0.39, 0.29) is 0 Å². The summed E-state index contributed by atoms with van der Waals surface area (Å²) in [6.07, 6.45) is 2.22. The fourth-order valence-corrected chi connectivity index (χ4v) is 3.78. The average Bonchev–Trinajstić information content (AvgIpc) is 3.20. The zero-order chi connectivity index (χ0) is 17.5. The van der Waals surface area contributed by atoms with Crippen LogP contribution in [0.2, 0.25) is 0 Å². The van der Waals surface area contributed by atoms with Gasteiger partial charge in [-0.15, -0.1) is 0 Å². The SMILES string of the molecule is COc1ccc([C@@H](C[NH2+]C[C@@H](O)c2ccccc2)[NH+]2CCCC2)cc1. The van der Waals surface area contributed by atoms with Crippen LogP contribution in [0.3, 0.4) is 0 Å². The summed E-state index contributed by atoms with van der Waals surface area (Å²) in [5.41, 5.74) is 2.36. The maximum atomic E-state index is 10.4. The van der Waals surface area contributed by atoms with Crippen LogP contribution in [0.25, 0.3) is 0 Å². The smallest absolute Gasteiger partial charge is 0.163 e. The first-order valence-electron chi connectivity index (χ1n) is 9.31. The zero-order valence-electron chi connectivity index (χ0n) is 15.0. The Balaban J connectivity index is 1.61. The standard InChI is InChI=1S/C21H28N2O2/c1-25-19-11-9-17(10-12-19)20(23-13-5-6-14-23)15-22-16-21(24)18-7-3-2-4-8-18/h2-4,7-12,20-22,24H,5-6,13-16H2,1H3/p+2/t20-,21-/m1/s1. The van der Waals surface area contributed by atoms with E-state index in [1.165, 1.54) is 31.5 Å². The Hall–Kier alpha value is -1.88. The summed E-state index contributed by atoms with van der Waals surface area (Å²) in [4.78, 5) is 1.66. The van der Waals surface area contributed by atoms with Crippen molar-refractivity contribution in [2.45, 2.75) is 25.0 Å². The minimum absolute atomic E-state index is 0.411. The molecule has 1 fully saturated rings. The maximum absolute atomic E-state index is 10.4. The number of methoxy groups -OCH3 is 1. The summed E-state index contributed by atoms with van der Waals surface area (Å²) in [5.74, 6) is 0.905. The van der Waals surface area contributed by atoms with Crippen molar-refractivity contribution in [1.82, 2.24) is 0 Å². The van der Waals surface area contributed by atoms with Crippen LogP contribution in [-0.4, -0.2) is 38.4 Å². The van der Waals surface area contributed by atoms with Crippen molar-refractivity contribution in [1.29, 1.82) is 0 Å². The van der Waals surface area contributed by atoms with Crippen molar-refractivity contribution in [2.75, 3.05) is 33.3 Å². The lowest BCUT2D eigenvalue weighted by molar-refractivity contribution is -0.934. The number of hydrogen-bond acceptors (Lipinski definition) is 2. The second-order valence-electron chi connectivity index (χ2n) is 6.88. The van der Waals surface area contributed by atoms with Gasteiger partial charge in [0.2, 0.25) is 0 Å². The molecule has 2 atom stereocenters. The van der Waals surface area contributed by atoms with E-state index in [4.69, 9.17) is 4.74 Å². The van der Waals surface area contributed by atoms with Crippen molar-refractivity contribution in [3.8, 4) is 5.75 Å². The van der Waals surface area contributed by atoms with Gasteiger partial charge in [0.1, 0.15) is 24.9 Å². The Morgan fingerprint density at radius 2 is 1.64 bits per heavy atom. The summed E-state index contributed by atoms with van der Waals surface area (Å²) >= 11 is 0. The topological polar surface area (TPSA) is 50.5 Å². The van der Waals surface area contributed by atoms with Gasteiger partial charge in [0.05, 0.1) is 20.2 Å². The highest BCUT2D eigenvalue weighted by Gasteiger charge is 2.29. The Morgan fingerprint density at radius 1 is 0.960 bits per heavy atom. The number of rotatable bonds is 8. The maximum Gasteiger partial charge on any atom is 0.163 e. The average molecular weight is 342 g/mol. The molecule has 2 aromatic rings. The molecule has 0 bridgehead atoms. The van der Waals surface area contributed by atoms with Crippen molar-refractivity contribution in [3.05, 3.63) is 65.7 Å². The summed E-state index contributed by atoms with van der Waals surface area (Å²) in [7, 11) is 1.71. The molecule has 1 heterocycles. The summed E-state index contributed by atoms with van der Waals surface area (Å²) < 4.78 is 5.29. The third-order valence-corrected chi connectivity index (χ3v) is 5.23. The minimum Gasteiger partial charge on any atom is -0.497 e. The predicted octanol–water partition coefficient (Wildman–Crippen LogP) is 0.712. The number of aliphatic hydroxyl groups excluding tert-OH is 1. The van der Waals surface area contributed by atoms with Crippen LogP contribution in [0.4, 0.5) is 0 Å². The van der Waals surface area contributed by atoms with E-state index >= 15 is 0 Å². The number of quaternary nitrogens is 2. The van der Waals surface area contributed by atoms with Crippen LogP contribution >= 0.6 is 0 Å². The van der Waals surface area contributed by atoms with E-state index < -0.39 is 6.10 Å². The number of aliphatic hydroxyl groups is 1. The molecule has 1 aliphatic heterocycles. The zero-order valence-corrected chi connectivity index (χ0v) is 15.0. The molecule has 4 nitrogen and oxygen atoms in total. The molecule has 4 heteroatoms. The number of hydrogen-bond donors (Lipinski definition) is 3. The van der Waals surface area contributed by atoms with Gasteiger partial charge in [-0.05, 0) is 29.8 Å². The van der Waals surface area contributed by atoms with Crippen molar-refractivity contribution in [3.63, 3.8) is 0 Å². The molecular weight excluding hydrogens is 312 g/mol. The highest BCUT2D eigenvalue weighted by molar-refractivity contribution is 5.28. The van der Waals surface area contributed by atoms with Gasteiger partial charge in [0, 0.05) is 18.4 Å². The van der Waals surface area contributed by atoms with Crippen LogP contribution in [-0.2, 0) is 0 Å². The molecule has 134 valence electrons. The molecule has 1 saturated heterocycles. The van der Waals surface area contributed by atoms with Gasteiger partial charge in [0.15, 0.2) is 6.04 Å².